The summed E-state index contributed by atoms with van der Waals surface area (Å²) in [4.78, 5) is 0. The second kappa shape index (κ2) is 7.79. The minimum atomic E-state index is 0.569. The fourth-order valence-electron chi connectivity index (χ4n) is 4.78. The Morgan fingerprint density at radius 2 is 1.50 bits per heavy atom. The van der Waals surface area contributed by atoms with Crippen LogP contribution in [0.1, 0.15) is 77.0 Å². The summed E-state index contributed by atoms with van der Waals surface area (Å²) in [6.45, 7) is 1.99. The lowest BCUT2D eigenvalue weighted by atomic mass is 9.69. The van der Waals surface area contributed by atoms with Crippen LogP contribution in [-0.2, 0) is 4.74 Å². The smallest absolute Gasteiger partial charge is 0.0594 e. The maximum absolute atomic E-state index is 6.02. The summed E-state index contributed by atoms with van der Waals surface area (Å²) in [6.07, 6.45) is 17.7. The van der Waals surface area contributed by atoms with Crippen molar-refractivity contribution < 1.29 is 4.74 Å². The van der Waals surface area contributed by atoms with E-state index in [1.807, 2.05) is 0 Å². The van der Waals surface area contributed by atoms with Crippen molar-refractivity contribution in [3.8, 4) is 0 Å². The zero-order chi connectivity index (χ0) is 13.6. The van der Waals surface area contributed by atoms with Gasteiger partial charge in [-0.25, -0.2) is 0 Å². The first-order valence-electron chi connectivity index (χ1n) is 9.27. The predicted octanol–water partition coefficient (Wildman–Crippen LogP) is 4.28. The third kappa shape index (κ3) is 4.21. The maximum Gasteiger partial charge on any atom is 0.0594 e. The van der Waals surface area contributed by atoms with Crippen molar-refractivity contribution in [2.24, 2.45) is 11.8 Å². The molecule has 0 heterocycles. The van der Waals surface area contributed by atoms with Gasteiger partial charge in [-0.05, 0) is 43.9 Å². The summed E-state index contributed by atoms with van der Waals surface area (Å²) >= 11 is 0. The molecular weight excluding hydrogens is 246 g/mol. The quantitative estimate of drug-likeness (QED) is 0.758. The van der Waals surface area contributed by atoms with Crippen LogP contribution >= 0.6 is 0 Å². The van der Waals surface area contributed by atoms with Crippen molar-refractivity contribution >= 4 is 0 Å². The fraction of sp³-hybridized carbons (Fsp3) is 1.00. The molecule has 3 unspecified atom stereocenters. The molecule has 0 aromatic carbocycles. The van der Waals surface area contributed by atoms with E-state index in [1.165, 1.54) is 77.0 Å². The van der Waals surface area contributed by atoms with Crippen molar-refractivity contribution in [3.63, 3.8) is 0 Å². The first-order chi connectivity index (χ1) is 9.92. The van der Waals surface area contributed by atoms with Gasteiger partial charge in [-0.1, -0.05) is 44.9 Å². The summed E-state index contributed by atoms with van der Waals surface area (Å²) in [5.74, 6) is 2.11. The highest BCUT2D eigenvalue weighted by Gasteiger charge is 2.31. The minimum absolute atomic E-state index is 0.569. The van der Waals surface area contributed by atoms with Crippen LogP contribution in [0.25, 0.3) is 0 Å². The Hall–Kier alpha value is -0.0800. The molecule has 2 nitrogen and oxygen atoms in total. The van der Waals surface area contributed by atoms with E-state index in [9.17, 15) is 0 Å². The number of fused-ring (bicyclic) bond motifs is 1. The molecule has 3 saturated carbocycles. The number of rotatable bonds is 5. The molecule has 0 amide bonds. The van der Waals surface area contributed by atoms with E-state index in [0.29, 0.717) is 6.10 Å². The van der Waals surface area contributed by atoms with E-state index in [-0.39, 0.29) is 0 Å². The molecule has 116 valence electrons. The first-order valence-corrected chi connectivity index (χ1v) is 9.27. The SMILES string of the molecule is C1CCC(OCCNC2CCC3CCCCC3C2)CC1. The van der Waals surface area contributed by atoms with Gasteiger partial charge in [0, 0.05) is 12.6 Å². The van der Waals surface area contributed by atoms with Crippen molar-refractivity contribution in [1.29, 1.82) is 0 Å². The fourth-order valence-corrected chi connectivity index (χ4v) is 4.78. The molecule has 3 aliphatic carbocycles. The lowest BCUT2D eigenvalue weighted by molar-refractivity contribution is 0.0276. The molecule has 3 fully saturated rings. The largest absolute Gasteiger partial charge is 0.377 e. The monoisotopic (exact) mass is 279 g/mol. The molecule has 0 aliphatic heterocycles. The molecule has 2 heteroatoms. The third-order valence-corrected chi connectivity index (χ3v) is 5.98. The van der Waals surface area contributed by atoms with Crippen molar-refractivity contribution in [1.82, 2.24) is 5.32 Å². The lowest BCUT2D eigenvalue weighted by Crippen LogP contribution is -2.40. The van der Waals surface area contributed by atoms with Crippen LogP contribution in [-0.4, -0.2) is 25.3 Å². The predicted molar refractivity (Wildman–Crippen MR) is 83.9 cm³/mol. The Bertz CT molecular complexity index is 275. The van der Waals surface area contributed by atoms with Crippen LogP contribution in [0.15, 0.2) is 0 Å². The summed E-state index contributed by atoms with van der Waals surface area (Å²) in [5.41, 5.74) is 0. The number of ether oxygens (including phenoxy) is 1. The molecular formula is C18H33NO. The minimum Gasteiger partial charge on any atom is -0.377 e. The van der Waals surface area contributed by atoms with Gasteiger partial charge in [-0.2, -0.15) is 0 Å². The highest BCUT2D eigenvalue weighted by atomic mass is 16.5. The molecule has 20 heavy (non-hydrogen) atoms. The van der Waals surface area contributed by atoms with Crippen LogP contribution < -0.4 is 5.32 Å². The van der Waals surface area contributed by atoms with E-state index in [1.54, 1.807) is 0 Å². The zero-order valence-corrected chi connectivity index (χ0v) is 13.1. The molecule has 3 atom stereocenters. The van der Waals surface area contributed by atoms with Gasteiger partial charge in [0.2, 0.25) is 0 Å². The normalized spacial score (nSPS) is 35.7. The topological polar surface area (TPSA) is 21.3 Å². The molecule has 0 aromatic rings. The highest BCUT2D eigenvalue weighted by molar-refractivity contribution is 4.86. The molecule has 3 rings (SSSR count). The van der Waals surface area contributed by atoms with E-state index in [0.717, 1.165) is 31.0 Å². The molecule has 3 aliphatic rings. The summed E-state index contributed by atoms with van der Waals surface area (Å²) < 4.78 is 6.02. The second-order valence-corrected chi connectivity index (χ2v) is 7.40. The highest BCUT2D eigenvalue weighted by Crippen LogP contribution is 2.40. The maximum atomic E-state index is 6.02. The molecule has 0 spiro atoms. The van der Waals surface area contributed by atoms with Gasteiger partial charge in [0.05, 0.1) is 12.7 Å². The van der Waals surface area contributed by atoms with Gasteiger partial charge < -0.3 is 10.1 Å². The van der Waals surface area contributed by atoms with Gasteiger partial charge >= 0.3 is 0 Å². The molecule has 0 saturated heterocycles. The van der Waals surface area contributed by atoms with E-state index < -0.39 is 0 Å². The Morgan fingerprint density at radius 1 is 0.750 bits per heavy atom. The third-order valence-electron chi connectivity index (χ3n) is 5.98. The number of hydrogen-bond donors (Lipinski definition) is 1. The van der Waals surface area contributed by atoms with Gasteiger partial charge in [-0.15, -0.1) is 0 Å². The van der Waals surface area contributed by atoms with Crippen molar-refractivity contribution in [3.05, 3.63) is 0 Å². The van der Waals surface area contributed by atoms with Crippen molar-refractivity contribution in [2.45, 2.75) is 89.2 Å². The summed E-state index contributed by atoms with van der Waals surface area (Å²) in [6, 6.07) is 0.782. The van der Waals surface area contributed by atoms with E-state index in [2.05, 4.69) is 5.32 Å². The Balaban J connectivity index is 1.28. The summed E-state index contributed by atoms with van der Waals surface area (Å²) in [7, 11) is 0. The van der Waals surface area contributed by atoms with E-state index in [4.69, 9.17) is 4.74 Å². The van der Waals surface area contributed by atoms with Gasteiger partial charge in [0.25, 0.3) is 0 Å². The Labute approximate surface area is 125 Å². The molecule has 0 radical (unpaired) electrons. The molecule has 0 aromatic heterocycles. The number of hydrogen-bond acceptors (Lipinski definition) is 2. The average Bonchev–Trinajstić information content (AvgIpc) is 2.52. The average molecular weight is 279 g/mol. The van der Waals surface area contributed by atoms with Gasteiger partial charge in [0.1, 0.15) is 0 Å². The molecule has 0 bridgehead atoms. The molecule has 1 N–H and O–H groups in total. The lowest BCUT2D eigenvalue weighted by Gasteiger charge is -2.39. The standard InChI is InChI=1S/C18H33NO/c1-2-8-18(9-3-1)20-13-12-19-17-11-10-15-6-4-5-7-16(15)14-17/h15-19H,1-14H2. The van der Waals surface area contributed by atoms with Crippen LogP contribution in [0.3, 0.4) is 0 Å². The van der Waals surface area contributed by atoms with Crippen LogP contribution in [0.4, 0.5) is 0 Å². The van der Waals surface area contributed by atoms with Crippen LogP contribution in [0.5, 0.6) is 0 Å². The van der Waals surface area contributed by atoms with Crippen molar-refractivity contribution in [2.75, 3.05) is 13.2 Å². The number of nitrogens with one attached hydrogen (secondary N) is 1. The Morgan fingerprint density at radius 3 is 2.35 bits per heavy atom. The summed E-state index contributed by atoms with van der Waals surface area (Å²) in [5, 5.41) is 3.77. The van der Waals surface area contributed by atoms with Crippen LogP contribution in [0.2, 0.25) is 0 Å². The Kier molecular flexibility index (Phi) is 5.78. The first kappa shape index (κ1) is 14.8. The van der Waals surface area contributed by atoms with Gasteiger partial charge in [0.15, 0.2) is 0 Å². The van der Waals surface area contributed by atoms with Crippen LogP contribution in [0, 0.1) is 11.8 Å². The zero-order valence-electron chi connectivity index (χ0n) is 13.1. The second-order valence-electron chi connectivity index (χ2n) is 7.40. The van der Waals surface area contributed by atoms with Gasteiger partial charge in [-0.3, -0.25) is 0 Å². The van der Waals surface area contributed by atoms with E-state index >= 15 is 0 Å².